The number of pyridine rings is 1. The molecule has 0 aliphatic carbocycles. The van der Waals surface area contributed by atoms with Gasteiger partial charge in [-0.05, 0) is 25.5 Å². The van der Waals surface area contributed by atoms with Crippen LogP contribution in [0.4, 0.5) is 0 Å². The highest BCUT2D eigenvalue weighted by molar-refractivity contribution is 7.15. The number of nitrogens with zero attached hydrogens (tertiary/aromatic N) is 3. The number of hydrogen-bond donors (Lipinski definition) is 0. The first-order valence-electron chi connectivity index (χ1n) is 7.23. The van der Waals surface area contributed by atoms with Crippen molar-refractivity contribution in [2.75, 3.05) is 13.6 Å². The van der Waals surface area contributed by atoms with E-state index >= 15 is 0 Å². The SMILES string of the molecule is CCCCN(C)C(=O)Cc1sc(-c2ccccn2)nc1C. The average Bonchev–Trinajstić information content (AvgIpc) is 2.86. The third kappa shape index (κ3) is 4.11. The van der Waals surface area contributed by atoms with Crippen LogP contribution in [0.3, 0.4) is 0 Å². The minimum Gasteiger partial charge on any atom is -0.345 e. The lowest BCUT2D eigenvalue weighted by Crippen LogP contribution is -2.29. The van der Waals surface area contributed by atoms with Crippen LogP contribution >= 0.6 is 11.3 Å². The lowest BCUT2D eigenvalue weighted by Gasteiger charge is -2.16. The molecule has 0 aliphatic rings. The normalized spacial score (nSPS) is 10.6. The number of hydrogen-bond acceptors (Lipinski definition) is 4. The highest BCUT2D eigenvalue weighted by Crippen LogP contribution is 2.26. The molecule has 0 unspecified atom stereocenters. The van der Waals surface area contributed by atoms with E-state index < -0.39 is 0 Å². The van der Waals surface area contributed by atoms with E-state index in [1.54, 1.807) is 17.5 Å². The van der Waals surface area contributed by atoms with Crippen LogP contribution in [0, 0.1) is 6.92 Å². The molecule has 0 saturated carbocycles. The Morgan fingerprint density at radius 2 is 2.19 bits per heavy atom. The topological polar surface area (TPSA) is 46.1 Å². The van der Waals surface area contributed by atoms with Crippen molar-refractivity contribution in [1.29, 1.82) is 0 Å². The molecule has 0 spiro atoms. The zero-order valence-electron chi connectivity index (χ0n) is 12.8. The molecule has 4 nitrogen and oxygen atoms in total. The Balaban J connectivity index is 2.08. The van der Waals surface area contributed by atoms with E-state index in [2.05, 4.69) is 16.9 Å². The van der Waals surface area contributed by atoms with Gasteiger partial charge in [0, 0.05) is 24.7 Å². The first-order valence-corrected chi connectivity index (χ1v) is 8.05. The van der Waals surface area contributed by atoms with Gasteiger partial charge in [0.1, 0.15) is 5.01 Å². The molecule has 0 N–H and O–H groups in total. The van der Waals surface area contributed by atoms with Gasteiger partial charge in [0.2, 0.25) is 5.91 Å². The van der Waals surface area contributed by atoms with E-state index in [1.165, 1.54) is 0 Å². The van der Waals surface area contributed by atoms with Crippen LogP contribution in [0.5, 0.6) is 0 Å². The third-order valence-electron chi connectivity index (χ3n) is 3.36. The highest BCUT2D eigenvalue weighted by Gasteiger charge is 2.15. The Labute approximate surface area is 129 Å². The van der Waals surface area contributed by atoms with Gasteiger partial charge in [0.15, 0.2) is 0 Å². The second kappa shape index (κ2) is 7.31. The molecule has 2 aromatic heterocycles. The Morgan fingerprint density at radius 3 is 2.86 bits per heavy atom. The van der Waals surface area contributed by atoms with Gasteiger partial charge in [0.25, 0.3) is 0 Å². The van der Waals surface area contributed by atoms with Gasteiger partial charge < -0.3 is 4.90 Å². The predicted molar refractivity (Wildman–Crippen MR) is 86.3 cm³/mol. The van der Waals surface area contributed by atoms with Crippen LogP contribution < -0.4 is 0 Å². The number of thiazole rings is 1. The molecule has 1 amide bonds. The molecule has 0 aromatic carbocycles. The molecule has 21 heavy (non-hydrogen) atoms. The molecular weight excluding hydrogens is 282 g/mol. The monoisotopic (exact) mass is 303 g/mol. The van der Waals surface area contributed by atoms with Crippen molar-refractivity contribution < 1.29 is 4.79 Å². The molecular formula is C16H21N3OS. The molecule has 2 rings (SSSR count). The summed E-state index contributed by atoms with van der Waals surface area (Å²) < 4.78 is 0. The lowest BCUT2D eigenvalue weighted by molar-refractivity contribution is -0.129. The Bertz CT molecular complexity index is 595. The maximum Gasteiger partial charge on any atom is 0.227 e. The van der Waals surface area contributed by atoms with Crippen molar-refractivity contribution in [3.8, 4) is 10.7 Å². The summed E-state index contributed by atoms with van der Waals surface area (Å²) in [5.41, 5.74) is 1.79. The summed E-state index contributed by atoms with van der Waals surface area (Å²) in [6.45, 7) is 4.91. The number of amides is 1. The van der Waals surface area contributed by atoms with Crippen molar-refractivity contribution >= 4 is 17.2 Å². The van der Waals surface area contributed by atoms with E-state index in [1.807, 2.05) is 37.1 Å². The van der Waals surface area contributed by atoms with Crippen LogP contribution in [0.1, 0.15) is 30.3 Å². The predicted octanol–water partition coefficient (Wildman–Crippen LogP) is 3.31. The molecule has 0 saturated heterocycles. The largest absolute Gasteiger partial charge is 0.345 e. The van der Waals surface area contributed by atoms with Crippen LogP contribution in [0.25, 0.3) is 10.7 Å². The Morgan fingerprint density at radius 1 is 1.38 bits per heavy atom. The maximum absolute atomic E-state index is 12.2. The van der Waals surface area contributed by atoms with E-state index in [0.717, 1.165) is 40.7 Å². The van der Waals surface area contributed by atoms with Crippen LogP contribution in [-0.4, -0.2) is 34.4 Å². The second-order valence-electron chi connectivity index (χ2n) is 5.09. The van der Waals surface area contributed by atoms with Gasteiger partial charge in [-0.25, -0.2) is 4.98 Å². The molecule has 0 radical (unpaired) electrons. The third-order valence-corrected chi connectivity index (χ3v) is 4.54. The van der Waals surface area contributed by atoms with Crippen molar-refractivity contribution in [2.24, 2.45) is 0 Å². The van der Waals surface area contributed by atoms with E-state index in [-0.39, 0.29) is 5.91 Å². The van der Waals surface area contributed by atoms with Crippen molar-refractivity contribution in [2.45, 2.75) is 33.1 Å². The molecule has 112 valence electrons. The first kappa shape index (κ1) is 15.6. The standard InChI is InChI=1S/C16H21N3OS/c1-4-5-10-19(3)15(20)11-14-12(2)18-16(21-14)13-8-6-7-9-17-13/h6-9H,4-5,10-11H2,1-3H3. The number of unbranched alkanes of at least 4 members (excludes halogenated alkanes) is 1. The lowest BCUT2D eigenvalue weighted by atomic mass is 10.2. The van der Waals surface area contributed by atoms with E-state index in [4.69, 9.17) is 0 Å². The van der Waals surface area contributed by atoms with Crippen molar-refractivity contribution in [3.05, 3.63) is 35.0 Å². The smallest absolute Gasteiger partial charge is 0.227 e. The summed E-state index contributed by atoms with van der Waals surface area (Å²) in [6, 6.07) is 5.77. The minimum atomic E-state index is 0.155. The van der Waals surface area contributed by atoms with Gasteiger partial charge in [-0.1, -0.05) is 19.4 Å². The molecule has 2 aromatic rings. The summed E-state index contributed by atoms with van der Waals surface area (Å²) in [7, 11) is 1.87. The Hall–Kier alpha value is -1.75. The quantitative estimate of drug-likeness (QED) is 0.822. The molecule has 2 heterocycles. The minimum absolute atomic E-state index is 0.155. The number of likely N-dealkylation sites (N-methyl/N-ethyl adjacent to an activating group) is 1. The Kier molecular flexibility index (Phi) is 5.44. The zero-order chi connectivity index (χ0) is 15.2. The van der Waals surface area contributed by atoms with Gasteiger partial charge in [-0.15, -0.1) is 11.3 Å². The number of aromatic nitrogens is 2. The van der Waals surface area contributed by atoms with Gasteiger partial charge in [0.05, 0.1) is 17.8 Å². The first-order chi connectivity index (χ1) is 10.1. The fraction of sp³-hybridized carbons (Fsp3) is 0.438. The highest BCUT2D eigenvalue weighted by atomic mass is 32.1. The van der Waals surface area contributed by atoms with E-state index in [0.29, 0.717) is 6.42 Å². The molecule has 0 fully saturated rings. The summed E-state index contributed by atoms with van der Waals surface area (Å²) >= 11 is 1.56. The average molecular weight is 303 g/mol. The van der Waals surface area contributed by atoms with Crippen molar-refractivity contribution in [3.63, 3.8) is 0 Å². The van der Waals surface area contributed by atoms with E-state index in [9.17, 15) is 4.79 Å². The van der Waals surface area contributed by atoms with Gasteiger partial charge >= 0.3 is 0 Å². The van der Waals surface area contributed by atoms with Crippen LogP contribution in [0.2, 0.25) is 0 Å². The van der Waals surface area contributed by atoms with Crippen LogP contribution in [0.15, 0.2) is 24.4 Å². The molecule has 5 heteroatoms. The summed E-state index contributed by atoms with van der Waals surface area (Å²) in [5.74, 6) is 0.155. The summed E-state index contributed by atoms with van der Waals surface area (Å²) in [4.78, 5) is 23.9. The maximum atomic E-state index is 12.2. The molecule has 0 bridgehead atoms. The number of carbonyl (C=O) groups excluding carboxylic acids is 1. The fourth-order valence-electron chi connectivity index (χ4n) is 1.98. The van der Waals surface area contributed by atoms with Gasteiger partial charge in [-0.2, -0.15) is 0 Å². The summed E-state index contributed by atoms with van der Waals surface area (Å²) in [5, 5.41) is 0.882. The summed E-state index contributed by atoms with van der Waals surface area (Å²) in [6.07, 6.45) is 4.33. The van der Waals surface area contributed by atoms with Gasteiger partial charge in [-0.3, -0.25) is 9.78 Å². The second-order valence-corrected chi connectivity index (χ2v) is 6.17. The number of aryl methyl sites for hydroxylation is 1. The molecule has 0 atom stereocenters. The number of rotatable bonds is 6. The zero-order valence-corrected chi connectivity index (χ0v) is 13.6. The fourth-order valence-corrected chi connectivity index (χ4v) is 3.01. The van der Waals surface area contributed by atoms with Crippen LogP contribution in [-0.2, 0) is 11.2 Å². The number of carbonyl (C=O) groups is 1. The van der Waals surface area contributed by atoms with Crippen molar-refractivity contribution in [1.82, 2.24) is 14.9 Å². The molecule has 0 aliphatic heterocycles.